The Labute approximate surface area is 52.3 Å². The van der Waals surface area contributed by atoms with Gasteiger partial charge >= 0.3 is 0 Å². The van der Waals surface area contributed by atoms with Crippen LogP contribution in [0.15, 0.2) is 24.2 Å². The Bertz CT molecular complexity index is 272. The van der Waals surface area contributed by atoms with E-state index >= 15 is 0 Å². The highest BCUT2D eigenvalue weighted by Gasteiger charge is 1.81. The Morgan fingerprint density at radius 1 is 1.38 bits per heavy atom. The van der Waals surface area contributed by atoms with Crippen LogP contribution in [0.3, 0.4) is 0 Å². The monoisotopic (exact) mass is 111 g/mol. The summed E-state index contributed by atoms with van der Waals surface area (Å²) in [7, 11) is 0. The van der Waals surface area contributed by atoms with Crippen molar-refractivity contribution in [3.8, 4) is 0 Å². The third-order valence-electron chi connectivity index (χ3n) is 0.714. The van der Waals surface area contributed by atoms with Crippen LogP contribution in [0, 0.1) is 0 Å². The van der Waals surface area contributed by atoms with Gasteiger partial charge in [0, 0.05) is 11.4 Å². The molecule has 0 saturated heterocycles. The molecule has 4 N–H and O–H groups in total. The van der Waals surface area contributed by atoms with Gasteiger partial charge in [0.2, 0.25) is 0 Å². The van der Waals surface area contributed by atoms with Crippen LogP contribution in [0.2, 0.25) is 0 Å². The molecule has 0 radical (unpaired) electrons. The molecule has 8 heavy (non-hydrogen) atoms. The first-order valence-electron chi connectivity index (χ1n) is 3.65. The van der Waals surface area contributed by atoms with Gasteiger partial charge < -0.3 is 11.5 Å². The Morgan fingerprint density at radius 2 is 2.12 bits per heavy atom. The zero-order valence-electron chi connectivity index (χ0n) is 7.23. The Balaban J connectivity index is 3.46. The molecule has 0 atom stereocenters. The highest BCUT2D eigenvalue weighted by atomic mass is 14.6. The van der Waals surface area contributed by atoms with Crippen molar-refractivity contribution < 1.29 is 4.11 Å². The SMILES string of the molecule is [2H]c1cc(N)c([2H])c(N)c1[2H]. The van der Waals surface area contributed by atoms with Crippen molar-refractivity contribution in [1.82, 2.24) is 0 Å². The van der Waals surface area contributed by atoms with Gasteiger partial charge in [0.1, 0.15) is 0 Å². The lowest BCUT2D eigenvalue weighted by molar-refractivity contribution is 1.67. The van der Waals surface area contributed by atoms with Crippen molar-refractivity contribution in [1.29, 1.82) is 0 Å². The van der Waals surface area contributed by atoms with E-state index in [2.05, 4.69) is 0 Å². The van der Waals surface area contributed by atoms with Crippen LogP contribution in [-0.2, 0) is 0 Å². The van der Waals surface area contributed by atoms with E-state index in [1.54, 1.807) is 0 Å². The van der Waals surface area contributed by atoms with Gasteiger partial charge in [0.25, 0.3) is 0 Å². The van der Waals surface area contributed by atoms with E-state index in [1.165, 1.54) is 6.07 Å². The lowest BCUT2D eigenvalue weighted by atomic mass is 10.3. The molecule has 1 aromatic rings. The Kier molecular flexibility index (Phi) is 0.520. The maximum atomic E-state index is 7.23. The van der Waals surface area contributed by atoms with Crippen LogP contribution in [0.25, 0.3) is 0 Å². The van der Waals surface area contributed by atoms with Crippen molar-refractivity contribution >= 4 is 11.4 Å². The lowest BCUT2D eigenvalue weighted by Gasteiger charge is -1.91. The maximum absolute atomic E-state index is 7.23. The van der Waals surface area contributed by atoms with E-state index in [9.17, 15) is 0 Å². The van der Waals surface area contributed by atoms with Gasteiger partial charge in [-0.15, -0.1) is 0 Å². The molecular weight excluding hydrogens is 100 g/mol. The average molecular weight is 111 g/mol. The minimum atomic E-state index is -0.135. The molecule has 2 nitrogen and oxygen atoms in total. The molecule has 0 aliphatic heterocycles. The van der Waals surface area contributed by atoms with Gasteiger partial charge in [-0.25, -0.2) is 0 Å². The largest absolute Gasteiger partial charge is 0.399 e. The van der Waals surface area contributed by atoms with Gasteiger partial charge in [-0.05, 0) is 18.2 Å². The van der Waals surface area contributed by atoms with Crippen molar-refractivity contribution in [2.75, 3.05) is 11.5 Å². The first-order chi connectivity index (χ1) is 5.04. The molecule has 0 aromatic heterocycles. The molecule has 0 aliphatic carbocycles. The summed E-state index contributed by atoms with van der Waals surface area (Å²) in [5.41, 5.74) is 10.7. The average Bonchev–Trinajstić information content (AvgIpc) is 1.97. The van der Waals surface area contributed by atoms with Gasteiger partial charge in [0.05, 0.1) is 4.11 Å². The lowest BCUT2D eigenvalue weighted by Crippen LogP contribution is -1.87. The zero-order chi connectivity index (χ0) is 8.59. The van der Waals surface area contributed by atoms with E-state index in [1.807, 2.05) is 0 Å². The second-order valence-corrected chi connectivity index (χ2v) is 1.41. The van der Waals surface area contributed by atoms with Crippen molar-refractivity contribution in [3.63, 3.8) is 0 Å². The standard InChI is InChI=1S/C6H8N2/c7-5-2-1-3-6(8)4-5/h1-4H,7-8H2/i1D,2D,4D. The molecule has 0 spiro atoms. The van der Waals surface area contributed by atoms with Crippen molar-refractivity contribution in [2.24, 2.45) is 0 Å². The summed E-state index contributed by atoms with van der Waals surface area (Å²) in [6.07, 6.45) is 0. The van der Waals surface area contributed by atoms with Crippen LogP contribution in [0.4, 0.5) is 11.4 Å². The molecule has 0 saturated carbocycles. The number of rotatable bonds is 0. The molecule has 0 amide bonds. The van der Waals surface area contributed by atoms with Gasteiger partial charge in [-0.3, -0.25) is 0 Å². The van der Waals surface area contributed by atoms with Crippen molar-refractivity contribution in [2.45, 2.75) is 0 Å². The summed E-state index contributed by atoms with van der Waals surface area (Å²) >= 11 is 0. The Hall–Kier alpha value is -1.18. The molecule has 0 bridgehead atoms. The van der Waals surface area contributed by atoms with E-state index in [0.29, 0.717) is 0 Å². The molecular formula is C6H8N2. The number of anilines is 2. The van der Waals surface area contributed by atoms with E-state index in [-0.39, 0.29) is 29.5 Å². The zero-order valence-corrected chi connectivity index (χ0v) is 4.23. The Morgan fingerprint density at radius 3 is 2.88 bits per heavy atom. The van der Waals surface area contributed by atoms with E-state index in [0.717, 1.165) is 0 Å². The predicted molar refractivity (Wildman–Crippen MR) is 35.3 cm³/mol. The molecule has 0 unspecified atom stereocenters. The summed E-state index contributed by atoms with van der Waals surface area (Å²) in [6, 6.07) is 1.01. The fourth-order valence-electron chi connectivity index (χ4n) is 0.414. The molecule has 1 aromatic carbocycles. The molecule has 42 valence electrons. The van der Waals surface area contributed by atoms with Crippen LogP contribution in [0.1, 0.15) is 4.11 Å². The third kappa shape index (κ3) is 0.904. The number of hydrogen-bond acceptors (Lipinski definition) is 2. The molecule has 0 fully saturated rings. The highest BCUT2D eigenvalue weighted by molar-refractivity contribution is 5.50. The fourth-order valence-corrected chi connectivity index (χ4v) is 0.414. The van der Waals surface area contributed by atoms with Gasteiger partial charge in [0.15, 0.2) is 0 Å². The first kappa shape index (κ1) is 2.40. The van der Waals surface area contributed by atoms with Crippen LogP contribution >= 0.6 is 0 Å². The van der Waals surface area contributed by atoms with E-state index in [4.69, 9.17) is 15.6 Å². The summed E-state index contributed by atoms with van der Waals surface area (Å²) in [6.45, 7) is 0. The fraction of sp³-hybridized carbons (Fsp3) is 0. The van der Waals surface area contributed by atoms with E-state index < -0.39 is 0 Å². The third-order valence-corrected chi connectivity index (χ3v) is 0.714. The second-order valence-electron chi connectivity index (χ2n) is 1.41. The molecule has 2 heteroatoms. The number of hydrogen-bond donors (Lipinski definition) is 2. The normalized spacial score (nSPS) is 14.2. The van der Waals surface area contributed by atoms with Crippen LogP contribution < -0.4 is 11.5 Å². The number of nitrogens with two attached hydrogens (primary N) is 2. The summed E-state index contributed by atoms with van der Waals surface area (Å²) < 4.78 is 21.6. The summed E-state index contributed by atoms with van der Waals surface area (Å²) in [4.78, 5) is 0. The second kappa shape index (κ2) is 1.74. The first-order valence-corrected chi connectivity index (χ1v) is 2.15. The minimum absolute atomic E-state index is 0.0324. The predicted octanol–water partition coefficient (Wildman–Crippen LogP) is 0.851. The quantitative estimate of drug-likeness (QED) is 0.488. The topological polar surface area (TPSA) is 52.0 Å². The summed E-state index contributed by atoms with van der Waals surface area (Å²) in [5.74, 6) is 0. The summed E-state index contributed by atoms with van der Waals surface area (Å²) in [5, 5.41) is 0. The molecule has 0 aliphatic rings. The maximum Gasteiger partial charge on any atom is 0.0666 e. The molecule has 1 rings (SSSR count). The van der Waals surface area contributed by atoms with Crippen molar-refractivity contribution in [3.05, 3.63) is 24.2 Å². The highest BCUT2D eigenvalue weighted by Crippen LogP contribution is 2.06. The minimum Gasteiger partial charge on any atom is -0.399 e. The molecule has 0 heterocycles. The van der Waals surface area contributed by atoms with Crippen LogP contribution in [0.5, 0.6) is 0 Å². The number of nitrogen functional groups attached to an aromatic ring is 2. The number of benzene rings is 1. The van der Waals surface area contributed by atoms with Crippen LogP contribution in [-0.4, -0.2) is 0 Å². The van der Waals surface area contributed by atoms with Gasteiger partial charge in [-0.1, -0.05) is 6.04 Å². The smallest absolute Gasteiger partial charge is 0.0666 e. The van der Waals surface area contributed by atoms with Gasteiger partial charge in [-0.2, -0.15) is 0 Å².